The Labute approximate surface area is 118 Å². The Hall–Kier alpha value is -2.90. The summed E-state index contributed by atoms with van der Waals surface area (Å²) in [5, 5.41) is 13.5. The number of nitrogens with one attached hydrogen (secondary N) is 1. The molecule has 0 aliphatic rings. The maximum Gasteiger partial charge on any atom is 0.280 e. The van der Waals surface area contributed by atoms with E-state index in [9.17, 15) is 8.78 Å². The second-order valence-corrected chi connectivity index (χ2v) is 4.33. The van der Waals surface area contributed by atoms with E-state index < -0.39 is 6.43 Å². The van der Waals surface area contributed by atoms with Gasteiger partial charge in [0.2, 0.25) is 0 Å². The lowest BCUT2D eigenvalue weighted by atomic mass is 10.00. The normalized spacial score (nSPS) is 11.0. The summed E-state index contributed by atoms with van der Waals surface area (Å²) in [6.07, 6.45) is -1.20. The van der Waals surface area contributed by atoms with Gasteiger partial charge >= 0.3 is 0 Å². The number of hydrogen-bond acceptors (Lipinski definition) is 5. The van der Waals surface area contributed by atoms with Gasteiger partial charge in [0, 0.05) is 23.0 Å². The number of tetrazole rings is 1. The van der Waals surface area contributed by atoms with Crippen LogP contribution in [-0.4, -0.2) is 25.6 Å². The maximum absolute atomic E-state index is 12.5. The van der Waals surface area contributed by atoms with E-state index in [4.69, 9.17) is 5.73 Å². The number of halogens is 2. The summed E-state index contributed by atoms with van der Waals surface area (Å²) in [7, 11) is 0. The third-order valence-electron chi connectivity index (χ3n) is 2.97. The molecule has 2 heterocycles. The van der Waals surface area contributed by atoms with Crippen LogP contribution in [0.5, 0.6) is 0 Å². The highest BCUT2D eigenvalue weighted by molar-refractivity contribution is 5.82. The number of benzene rings is 1. The summed E-state index contributed by atoms with van der Waals surface area (Å²) in [5.41, 5.74) is 8.15. The number of rotatable bonds is 3. The van der Waals surface area contributed by atoms with Crippen LogP contribution in [0.3, 0.4) is 0 Å². The molecular formula is C13H10F2N6. The summed E-state index contributed by atoms with van der Waals surface area (Å²) in [4.78, 5) is 3.76. The van der Waals surface area contributed by atoms with Crippen molar-refractivity contribution in [3.05, 3.63) is 42.2 Å². The van der Waals surface area contributed by atoms with Crippen molar-refractivity contribution < 1.29 is 8.78 Å². The van der Waals surface area contributed by atoms with Gasteiger partial charge in [-0.25, -0.2) is 13.9 Å². The number of hydrogen-bond donors (Lipinski definition) is 2. The lowest BCUT2D eigenvalue weighted by Crippen LogP contribution is -1.94. The van der Waals surface area contributed by atoms with E-state index in [0.717, 1.165) is 5.56 Å². The molecule has 3 N–H and O–H groups in total. The summed E-state index contributed by atoms with van der Waals surface area (Å²) in [6, 6.07) is 8.06. The molecule has 0 unspecified atom stereocenters. The molecule has 0 amide bonds. The third-order valence-corrected chi connectivity index (χ3v) is 2.97. The quantitative estimate of drug-likeness (QED) is 0.722. The molecule has 3 aromatic rings. The van der Waals surface area contributed by atoms with Gasteiger partial charge in [0.25, 0.3) is 6.43 Å². The molecule has 3 rings (SSSR count). The zero-order valence-electron chi connectivity index (χ0n) is 10.7. The molecule has 21 heavy (non-hydrogen) atoms. The van der Waals surface area contributed by atoms with E-state index in [2.05, 4.69) is 25.6 Å². The molecule has 0 radical (unpaired) electrons. The van der Waals surface area contributed by atoms with Gasteiger partial charge in [-0.15, -0.1) is 5.10 Å². The third kappa shape index (κ3) is 2.55. The molecule has 8 heteroatoms. The van der Waals surface area contributed by atoms with Crippen LogP contribution in [0, 0.1) is 0 Å². The first-order chi connectivity index (χ1) is 10.1. The molecule has 0 fully saturated rings. The van der Waals surface area contributed by atoms with Crippen LogP contribution < -0.4 is 5.73 Å². The topological polar surface area (TPSA) is 93.4 Å². The van der Waals surface area contributed by atoms with Gasteiger partial charge in [-0.05, 0) is 34.2 Å². The minimum Gasteiger partial charge on any atom is -0.399 e. The predicted octanol–water partition coefficient (Wildman–Crippen LogP) is 2.45. The van der Waals surface area contributed by atoms with Gasteiger partial charge in [0.15, 0.2) is 5.82 Å². The number of nitrogens with two attached hydrogens (primary N) is 1. The zero-order valence-corrected chi connectivity index (χ0v) is 10.7. The van der Waals surface area contributed by atoms with Crippen molar-refractivity contribution in [3.8, 4) is 22.5 Å². The highest BCUT2D eigenvalue weighted by Gasteiger charge is 2.13. The second-order valence-electron chi connectivity index (χ2n) is 4.33. The molecule has 0 atom stereocenters. The molecule has 106 valence electrons. The Kier molecular flexibility index (Phi) is 3.27. The van der Waals surface area contributed by atoms with E-state index in [-0.39, 0.29) is 5.69 Å². The van der Waals surface area contributed by atoms with Gasteiger partial charge in [-0.2, -0.15) is 0 Å². The van der Waals surface area contributed by atoms with Crippen LogP contribution >= 0.6 is 0 Å². The smallest absolute Gasteiger partial charge is 0.280 e. The molecular weight excluding hydrogens is 278 g/mol. The molecule has 0 spiro atoms. The number of aromatic nitrogens is 5. The standard InChI is InChI=1S/C13H10F2N6/c14-12(15)11-4-1-7(6-17-11)9-3-2-8(16)5-10(9)13-18-20-21-19-13/h1-6,12H,16H2,(H,18,19,20,21). The molecule has 0 saturated heterocycles. The highest BCUT2D eigenvalue weighted by Crippen LogP contribution is 2.31. The van der Waals surface area contributed by atoms with Crippen molar-refractivity contribution in [1.29, 1.82) is 0 Å². The summed E-state index contributed by atoms with van der Waals surface area (Å²) < 4.78 is 25.1. The first kappa shape index (κ1) is 13.1. The Balaban J connectivity index is 2.10. The predicted molar refractivity (Wildman–Crippen MR) is 72.2 cm³/mol. The lowest BCUT2D eigenvalue weighted by molar-refractivity contribution is 0.146. The molecule has 0 aliphatic heterocycles. The molecule has 6 nitrogen and oxygen atoms in total. The Morgan fingerprint density at radius 3 is 2.57 bits per heavy atom. The summed E-state index contributed by atoms with van der Waals surface area (Å²) >= 11 is 0. The van der Waals surface area contributed by atoms with Crippen LogP contribution in [0.25, 0.3) is 22.5 Å². The van der Waals surface area contributed by atoms with Crippen molar-refractivity contribution in [3.63, 3.8) is 0 Å². The second kappa shape index (κ2) is 5.23. The fourth-order valence-corrected chi connectivity index (χ4v) is 1.98. The average Bonchev–Trinajstić information content (AvgIpc) is 3.01. The molecule has 0 aliphatic carbocycles. The fraction of sp³-hybridized carbons (Fsp3) is 0.0769. The molecule has 0 bridgehead atoms. The minimum atomic E-state index is -2.59. The number of aromatic amines is 1. The highest BCUT2D eigenvalue weighted by atomic mass is 19.3. The number of nitrogens with zero attached hydrogens (tertiary/aromatic N) is 4. The zero-order chi connectivity index (χ0) is 14.8. The first-order valence-electron chi connectivity index (χ1n) is 6.03. The van der Waals surface area contributed by atoms with Crippen LogP contribution in [0.15, 0.2) is 36.5 Å². The Morgan fingerprint density at radius 1 is 1.10 bits per heavy atom. The van der Waals surface area contributed by atoms with Crippen LogP contribution in [0.4, 0.5) is 14.5 Å². The van der Waals surface area contributed by atoms with Crippen LogP contribution in [0.2, 0.25) is 0 Å². The van der Waals surface area contributed by atoms with E-state index >= 15 is 0 Å². The minimum absolute atomic E-state index is 0.267. The van der Waals surface area contributed by atoms with Gasteiger partial charge < -0.3 is 5.73 Å². The Morgan fingerprint density at radius 2 is 1.95 bits per heavy atom. The molecule has 0 saturated carbocycles. The van der Waals surface area contributed by atoms with Gasteiger partial charge in [-0.3, -0.25) is 4.98 Å². The fourth-order valence-electron chi connectivity index (χ4n) is 1.98. The Bertz CT molecular complexity index is 740. The number of nitrogen functional groups attached to an aromatic ring is 1. The average molecular weight is 288 g/mol. The van der Waals surface area contributed by atoms with Crippen molar-refractivity contribution in [2.24, 2.45) is 0 Å². The summed E-state index contributed by atoms with van der Waals surface area (Å²) in [6.45, 7) is 0. The van der Waals surface area contributed by atoms with E-state index in [0.29, 0.717) is 22.6 Å². The SMILES string of the molecule is Nc1ccc(-c2ccc(C(F)F)nc2)c(-c2nnn[nH]2)c1. The number of alkyl halides is 2. The van der Waals surface area contributed by atoms with E-state index in [1.165, 1.54) is 12.3 Å². The van der Waals surface area contributed by atoms with Crippen molar-refractivity contribution >= 4 is 5.69 Å². The van der Waals surface area contributed by atoms with Crippen molar-refractivity contribution in [2.45, 2.75) is 6.43 Å². The van der Waals surface area contributed by atoms with Gasteiger partial charge in [-0.1, -0.05) is 12.1 Å². The largest absolute Gasteiger partial charge is 0.399 e. The van der Waals surface area contributed by atoms with Crippen LogP contribution in [0.1, 0.15) is 12.1 Å². The monoisotopic (exact) mass is 288 g/mol. The molecule has 1 aromatic carbocycles. The van der Waals surface area contributed by atoms with Crippen molar-refractivity contribution in [1.82, 2.24) is 25.6 Å². The van der Waals surface area contributed by atoms with E-state index in [1.807, 2.05) is 0 Å². The van der Waals surface area contributed by atoms with Crippen molar-refractivity contribution in [2.75, 3.05) is 5.73 Å². The van der Waals surface area contributed by atoms with E-state index in [1.54, 1.807) is 24.3 Å². The number of pyridine rings is 1. The van der Waals surface area contributed by atoms with Crippen LogP contribution in [-0.2, 0) is 0 Å². The number of anilines is 1. The van der Waals surface area contributed by atoms with Gasteiger partial charge in [0.05, 0.1) is 0 Å². The van der Waals surface area contributed by atoms with Gasteiger partial charge in [0.1, 0.15) is 5.69 Å². The lowest BCUT2D eigenvalue weighted by Gasteiger charge is -2.08. The molecule has 2 aromatic heterocycles. The number of H-pyrrole nitrogens is 1. The first-order valence-corrected chi connectivity index (χ1v) is 6.03. The maximum atomic E-state index is 12.5. The summed E-state index contributed by atoms with van der Waals surface area (Å²) in [5.74, 6) is 0.440.